The van der Waals surface area contributed by atoms with Gasteiger partial charge in [-0.25, -0.2) is 8.42 Å². The predicted octanol–water partition coefficient (Wildman–Crippen LogP) is 2.69. The lowest BCUT2D eigenvalue weighted by Gasteiger charge is -2.18. The first kappa shape index (κ1) is 16.1. The molecular formula is C16H21N3O3S. The summed E-state index contributed by atoms with van der Waals surface area (Å²) in [5.41, 5.74) is 1.32. The van der Waals surface area contributed by atoms with Gasteiger partial charge in [-0.2, -0.15) is 4.31 Å². The van der Waals surface area contributed by atoms with E-state index in [9.17, 15) is 8.42 Å². The molecule has 6 nitrogen and oxygen atoms in total. The van der Waals surface area contributed by atoms with Crippen molar-refractivity contribution in [2.45, 2.75) is 32.2 Å². The summed E-state index contributed by atoms with van der Waals surface area (Å²) in [5.74, 6) is 1.04. The number of hydrogen-bond donors (Lipinski definition) is 0. The van der Waals surface area contributed by atoms with E-state index in [4.69, 9.17) is 4.52 Å². The molecule has 3 rings (SSSR count). The summed E-state index contributed by atoms with van der Waals surface area (Å²) in [7, 11) is -1.68. The fraction of sp³-hybridized carbons (Fsp3) is 0.500. The summed E-state index contributed by atoms with van der Waals surface area (Å²) in [6, 6.07) is 7.27. The van der Waals surface area contributed by atoms with Crippen LogP contribution in [0.15, 0.2) is 35.0 Å². The molecule has 7 heteroatoms. The molecule has 1 aliphatic rings. The van der Waals surface area contributed by atoms with E-state index in [-0.39, 0.29) is 12.3 Å². The molecule has 0 bridgehead atoms. The van der Waals surface area contributed by atoms with Crippen molar-refractivity contribution in [2.24, 2.45) is 5.92 Å². The Kier molecular flexibility index (Phi) is 4.77. The smallest absolute Gasteiger partial charge is 0.214 e. The number of hydrogen-bond acceptors (Lipinski definition) is 5. The topological polar surface area (TPSA) is 76.3 Å². The van der Waals surface area contributed by atoms with Crippen LogP contribution in [0.1, 0.15) is 31.4 Å². The van der Waals surface area contributed by atoms with Crippen molar-refractivity contribution in [1.82, 2.24) is 14.4 Å². The van der Waals surface area contributed by atoms with Crippen molar-refractivity contribution in [1.29, 1.82) is 0 Å². The zero-order valence-electron chi connectivity index (χ0n) is 13.2. The molecule has 1 saturated carbocycles. The average molecular weight is 335 g/mol. The quantitative estimate of drug-likeness (QED) is 0.811. The van der Waals surface area contributed by atoms with Crippen LogP contribution in [0.4, 0.5) is 0 Å². The van der Waals surface area contributed by atoms with Crippen molar-refractivity contribution in [3.8, 4) is 11.4 Å². The average Bonchev–Trinajstić information content (AvgIpc) is 3.19. The van der Waals surface area contributed by atoms with Crippen LogP contribution in [-0.4, -0.2) is 35.7 Å². The molecule has 0 radical (unpaired) electrons. The van der Waals surface area contributed by atoms with E-state index in [1.165, 1.54) is 4.31 Å². The first-order chi connectivity index (χ1) is 11.0. The van der Waals surface area contributed by atoms with Gasteiger partial charge in [0.25, 0.3) is 0 Å². The summed E-state index contributed by atoms with van der Waals surface area (Å²) in [5, 5.41) is 3.97. The normalized spacial score (nSPS) is 16.3. The molecule has 0 N–H and O–H groups in total. The van der Waals surface area contributed by atoms with Gasteiger partial charge in [-0.15, -0.1) is 0 Å². The van der Waals surface area contributed by atoms with Gasteiger partial charge in [-0.05, 0) is 30.9 Å². The van der Waals surface area contributed by atoms with Crippen LogP contribution in [-0.2, 0) is 16.6 Å². The maximum absolute atomic E-state index is 12.4. The molecule has 2 heterocycles. The van der Waals surface area contributed by atoms with E-state index < -0.39 is 10.0 Å². The Morgan fingerprint density at radius 3 is 2.74 bits per heavy atom. The Hall–Kier alpha value is -1.73. The van der Waals surface area contributed by atoms with Gasteiger partial charge in [-0.1, -0.05) is 24.1 Å². The van der Waals surface area contributed by atoms with E-state index >= 15 is 0 Å². The van der Waals surface area contributed by atoms with Gasteiger partial charge in [-0.3, -0.25) is 4.98 Å². The highest BCUT2D eigenvalue weighted by molar-refractivity contribution is 7.89. The maximum atomic E-state index is 12.4. The lowest BCUT2D eigenvalue weighted by atomic mass is 10.1. The van der Waals surface area contributed by atoms with Crippen LogP contribution >= 0.6 is 0 Å². The number of aromatic nitrogens is 2. The van der Waals surface area contributed by atoms with E-state index in [1.807, 2.05) is 18.2 Å². The molecule has 0 spiro atoms. The minimum absolute atomic E-state index is 0.189. The van der Waals surface area contributed by atoms with Gasteiger partial charge < -0.3 is 4.52 Å². The standard InChI is InChI=1S/C16H21N3O3S/c1-19(23(20,21)12-13-6-2-3-7-13)11-14-10-16(18-22-14)15-8-4-5-9-17-15/h4-5,8-10,13H,2-3,6-7,11-12H2,1H3. The van der Waals surface area contributed by atoms with E-state index in [0.29, 0.717) is 23.1 Å². The molecule has 0 atom stereocenters. The summed E-state index contributed by atoms with van der Waals surface area (Å²) in [6.07, 6.45) is 5.99. The molecule has 124 valence electrons. The third-order valence-corrected chi connectivity index (χ3v) is 6.23. The van der Waals surface area contributed by atoms with Gasteiger partial charge >= 0.3 is 0 Å². The highest BCUT2D eigenvalue weighted by Crippen LogP contribution is 2.27. The molecular weight excluding hydrogens is 314 g/mol. The minimum atomic E-state index is -3.27. The van der Waals surface area contributed by atoms with Crippen LogP contribution in [0, 0.1) is 5.92 Å². The molecule has 2 aromatic heterocycles. The van der Waals surface area contributed by atoms with Crippen LogP contribution in [0.3, 0.4) is 0 Å². The summed E-state index contributed by atoms with van der Waals surface area (Å²) in [4.78, 5) is 4.20. The number of sulfonamides is 1. The predicted molar refractivity (Wildman–Crippen MR) is 86.9 cm³/mol. The first-order valence-electron chi connectivity index (χ1n) is 7.85. The monoisotopic (exact) mass is 335 g/mol. The lowest BCUT2D eigenvalue weighted by Crippen LogP contribution is -2.31. The first-order valence-corrected chi connectivity index (χ1v) is 9.46. The van der Waals surface area contributed by atoms with E-state index in [1.54, 1.807) is 19.3 Å². The summed E-state index contributed by atoms with van der Waals surface area (Å²) < 4.78 is 31.5. The molecule has 0 aliphatic heterocycles. The van der Waals surface area contributed by atoms with Crippen molar-refractivity contribution in [2.75, 3.05) is 12.8 Å². The molecule has 0 saturated heterocycles. The Labute approximate surface area is 136 Å². The van der Waals surface area contributed by atoms with Gasteiger partial charge in [0, 0.05) is 19.3 Å². The molecule has 23 heavy (non-hydrogen) atoms. The Balaban J connectivity index is 1.65. The second kappa shape index (κ2) is 6.80. The van der Waals surface area contributed by atoms with Crippen molar-refractivity contribution in [3.05, 3.63) is 36.2 Å². The fourth-order valence-corrected chi connectivity index (χ4v) is 4.45. The van der Waals surface area contributed by atoms with Crippen LogP contribution in [0.5, 0.6) is 0 Å². The Morgan fingerprint density at radius 1 is 1.26 bits per heavy atom. The zero-order chi connectivity index (χ0) is 16.3. The van der Waals surface area contributed by atoms with E-state index in [0.717, 1.165) is 25.7 Å². The fourth-order valence-electron chi connectivity index (χ4n) is 2.94. The number of nitrogens with zero attached hydrogens (tertiary/aromatic N) is 3. The number of pyridine rings is 1. The number of rotatable bonds is 6. The molecule has 2 aromatic rings. The minimum Gasteiger partial charge on any atom is -0.359 e. The zero-order valence-corrected chi connectivity index (χ0v) is 14.0. The Bertz CT molecular complexity index is 737. The van der Waals surface area contributed by atoms with Crippen LogP contribution < -0.4 is 0 Å². The SMILES string of the molecule is CN(Cc1cc(-c2ccccn2)no1)S(=O)(=O)CC1CCCC1. The van der Waals surface area contributed by atoms with Gasteiger partial charge in [0.1, 0.15) is 5.69 Å². The molecule has 0 unspecified atom stereocenters. The third-order valence-electron chi connectivity index (χ3n) is 4.26. The highest BCUT2D eigenvalue weighted by atomic mass is 32.2. The lowest BCUT2D eigenvalue weighted by molar-refractivity contribution is 0.343. The van der Waals surface area contributed by atoms with E-state index in [2.05, 4.69) is 10.1 Å². The largest absolute Gasteiger partial charge is 0.359 e. The third kappa shape index (κ3) is 3.97. The van der Waals surface area contributed by atoms with Crippen LogP contribution in [0.25, 0.3) is 11.4 Å². The van der Waals surface area contributed by atoms with Crippen LogP contribution in [0.2, 0.25) is 0 Å². The summed E-state index contributed by atoms with van der Waals surface area (Å²) in [6.45, 7) is 0.189. The van der Waals surface area contributed by atoms with Crippen molar-refractivity contribution >= 4 is 10.0 Å². The van der Waals surface area contributed by atoms with Crippen molar-refractivity contribution in [3.63, 3.8) is 0 Å². The molecule has 0 aromatic carbocycles. The second-order valence-electron chi connectivity index (χ2n) is 6.08. The van der Waals surface area contributed by atoms with Crippen molar-refractivity contribution < 1.29 is 12.9 Å². The molecule has 1 fully saturated rings. The summed E-state index contributed by atoms with van der Waals surface area (Å²) >= 11 is 0. The second-order valence-corrected chi connectivity index (χ2v) is 8.20. The van der Waals surface area contributed by atoms with Gasteiger partial charge in [0.2, 0.25) is 10.0 Å². The molecule has 1 aliphatic carbocycles. The highest BCUT2D eigenvalue weighted by Gasteiger charge is 2.26. The molecule has 0 amide bonds. The van der Waals surface area contributed by atoms with Gasteiger partial charge in [0.05, 0.1) is 18.0 Å². The Morgan fingerprint density at radius 2 is 2.04 bits per heavy atom. The van der Waals surface area contributed by atoms with Gasteiger partial charge in [0.15, 0.2) is 5.76 Å². The maximum Gasteiger partial charge on any atom is 0.214 e.